The number of ether oxygens (including phenoxy) is 1. The van der Waals surface area contributed by atoms with E-state index < -0.39 is 0 Å². The molecule has 6 heteroatoms. The molecule has 0 aliphatic heterocycles. The fourth-order valence-electron chi connectivity index (χ4n) is 2.23. The van der Waals surface area contributed by atoms with Gasteiger partial charge >= 0.3 is 0 Å². The van der Waals surface area contributed by atoms with Crippen LogP contribution < -0.4 is 5.73 Å². The van der Waals surface area contributed by atoms with E-state index in [4.69, 9.17) is 21.1 Å². The number of rotatable bonds is 4. The second kappa shape index (κ2) is 7.06. The molecule has 1 aromatic carbocycles. The minimum atomic E-state index is -0.142. The molecule has 0 unspecified atom stereocenters. The van der Waals surface area contributed by atoms with Gasteiger partial charge < -0.3 is 10.5 Å². The van der Waals surface area contributed by atoms with Gasteiger partial charge in [0.25, 0.3) is 0 Å². The number of anilines is 1. The summed E-state index contributed by atoms with van der Waals surface area (Å²) in [5.74, 6) is -0.142. The number of nitrogens with one attached hydrogen (secondary N) is 1. The molecule has 0 saturated heterocycles. The van der Waals surface area contributed by atoms with Gasteiger partial charge in [0.1, 0.15) is 6.07 Å². The van der Waals surface area contributed by atoms with E-state index in [9.17, 15) is 5.26 Å². The fourth-order valence-corrected chi connectivity index (χ4v) is 2.23. The van der Waals surface area contributed by atoms with Gasteiger partial charge in [-0.2, -0.15) is 10.5 Å². The molecular formula is C17H15N5O. The molecule has 2 aromatic rings. The molecule has 0 spiro atoms. The molecule has 0 atom stereocenters. The quantitative estimate of drug-likeness (QED) is 0.664. The molecular weight excluding hydrogens is 290 g/mol. The predicted octanol–water partition coefficient (Wildman–Crippen LogP) is 2.63. The second-order valence-electron chi connectivity index (χ2n) is 4.65. The van der Waals surface area contributed by atoms with Gasteiger partial charge in [0.05, 0.1) is 47.3 Å². The first-order valence-corrected chi connectivity index (χ1v) is 7.00. The van der Waals surface area contributed by atoms with Gasteiger partial charge in [-0.3, -0.25) is 5.41 Å². The van der Waals surface area contributed by atoms with Crippen molar-refractivity contribution in [3.05, 3.63) is 47.2 Å². The topological polar surface area (TPSA) is 120 Å². The average Bonchev–Trinajstić information content (AvgIpc) is 2.56. The van der Waals surface area contributed by atoms with Crippen LogP contribution in [0.2, 0.25) is 0 Å². The summed E-state index contributed by atoms with van der Waals surface area (Å²) < 4.78 is 5.26. The van der Waals surface area contributed by atoms with Crippen LogP contribution in [0.4, 0.5) is 5.69 Å². The Morgan fingerprint density at radius 3 is 2.57 bits per heavy atom. The normalized spacial score (nSPS) is 9.70. The molecule has 0 bridgehead atoms. The predicted molar refractivity (Wildman–Crippen MR) is 86.6 cm³/mol. The van der Waals surface area contributed by atoms with Crippen molar-refractivity contribution in [1.29, 1.82) is 15.9 Å². The largest absolute Gasteiger partial charge is 0.478 e. The van der Waals surface area contributed by atoms with Crippen LogP contribution in [0.25, 0.3) is 11.3 Å². The summed E-state index contributed by atoms with van der Waals surface area (Å²) in [7, 11) is 0. The number of nitrogen functional groups attached to an aromatic ring is 1. The van der Waals surface area contributed by atoms with E-state index in [1.54, 1.807) is 6.92 Å². The van der Waals surface area contributed by atoms with E-state index in [2.05, 4.69) is 4.98 Å². The average molecular weight is 305 g/mol. The fraction of sp³-hybridized carbons (Fsp3) is 0.176. The third-order valence-corrected chi connectivity index (χ3v) is 3.23. The third-order valence-electron chi connectivity index (χ3n) is 3.23. The number of pyridine rings is 1. The molecule has 114 valence electrons. The molecule has 1 heterocycles. The van der Waals surface area contributed by atoms with Gasteiger partial charge in [-0.25, -0.2) is 4.98 Å². The van der Waals surface area contributed by atoms with Crippen molar-refractivity contribution in [2.75, 3.05) is 12.3 Å². The van der Waals surface area contributed by atoms with E-state index in [0.717, 1.165) is 5.56 Å². The summed E-state index contributed by atoms with van der Waals surface area (Å²) >= 11 is 0. The lowest BCUT2D eigenvalue weighted by Crippen LogP contribution is -2.14. The van der Waals surface area contributed by atoms with Crippen molar-refractivity contribution in [2.24, 2.45) is 0 Å². The van der Waals surface area contributed by atoms with Crippen LogP contribution in [-0.4, -0.2) is 17.5 Å². The van der Waals surface area contributed by atoms with E-state index in [1.165, 1.54) is 0 Å². The first kappa shape index (κ1) is 16.0. The molecule has 6 nitrogen and oxygen atoms in total. The lowest BCUT2D eigenvalue weighted by Gasteiger charge is -2.16. The molecule has 0 fully saturated rings. The summed E-state index contributed by atoms with van der Waals surface area (Å²) in [4.78, 5) is 4.42. The molecule has 2 rings (SSSR count). The van der Waals surface area contributed by atoms with Crippen molar-refractivity contribution in [1.82, 2.24) is 4.98 Å². The van der Waals surface area contributed by atoms with Gasteiger partial charge in [0, 0.05) is 5.56 Å². The first-order valence-electron chi connectivity index (χ1n) is 7.00. The number of nitrogens with zero attached hydrogens (tertiary/aromatic N) is 3. The van der Waals surface area contributed by atoms with Crippen LogP contribution in [0.5, 0.6) is 0 Å². The molecule has 0 aliphatic rings. The van der Waals surface area contributed by atoms with Crippen LogP contribution in [-0.2, 0) is 11.2 Å². The van der Waals surface area contributed by atoms with Crippen molar-refractivity contribution in [3.8, 4) is 23.4 Å². The Hall–Kier alpha value is -3.38. The highest BCUT2D eigenvalue weighted by Crippen LogP contribution is 2.31. The number of hydrogen-bond acceptors (Lipinski definition) is 6. The number of benzene rings is 1. The molecule has 0 aliphatic carbocycles. The van der Waals surface area contributed by atoms with Gasteiger partial charge in [0.2, 0.25) is 5.90 Å². The van der Waals surface area contributed by atoms with Crippen molar-refractivity contribution >= 4 is 11.6 Å². The highest BCUT2D eigenvalue weighted by molar-refractivity contribution is 6.04. The SMILES string of the molecule is CCOC(=N)c1c(-c2ccccc2)nc(CC#N)c(C#N)c1N. The van der Waals surface area contributed by atoms with E-state index in [0.29, 0.717) is 18.0 Å². The standard InChI is InChI=1S/C17H15N5O/c1-2-23-17(21)14-15(20)12(10-19)13(8-9-18)22-16(14)11-6-4-3-5-7-11/h3-7,21H,2,8H2,1H3,(H2,20,22). The lowest BCUT2D eigenvalue weighted by molar-refractivity contribution is 0.326. The van der Waals surface area contributed by atoms with Gasteiger partial charge in [-0.1, -0.05) is 30.3 Å². The van der Waals surface area contributed by atoms with E-state index in [1.807, 2.05) is 42.5 Å². The Balaban J connectivity index is 2.79. The van der Waals surface area contributed by atoms with E-state index in [-0.39, 0.29) is 29.1 Å². The smallest absolute Gasteiger partial charge is 0.217 e. The number of nitrogens with two attached hydrogens (primary N) is 1. The van der Waals surface area contributed by atoms with Crippen LogP contribution in [0.15, 0.2) is 30.3 Å². The number of nitriles is 2. The van der Waals surface area contributed by atoms with Crippen LogP contribution in [0.3, 0.4) is 0 Å². The zero-order chi connectivity index (χ0) is 16.8. The molecule has 0 radical (unpaired) electrons. The van der Waals surface area contributed by atoms with Crippen molar-refractivity contribution in [3.63, 3.8) is 0 Å². The minimum absolute atomic E-state index is 0.0326. The minimum Gasteiger partial charge on any atom is -0.478 e. The van der Waals surface area contributed by atoms with Crippen molar-refractivity contribution in [2.45, 2.75) is 13.3 Å². The van der Waals surface area contributed by atoms with Crippen molar-refractivity contribution < 1.29 is 4.74 Å². The summed E-state index contributed by atoms with van der Waals surface area (Å²) in [6.45, 7) is 2.06. The van der Waals surface area contributed by atoms with Crippen LogP contribution in [0, 0.1) is 28.1 Å². The van der Waals surface area contributed by atoms with Crippen LogP contribution in [0.1, 0.15) is 23.7 Å². The second-order valence-corrected chi connectivity index (χ2v) is 4.65. The third kappa shape index (κ3) is 3.12. The highest BCUT2D eigenvalue weighted by Gasteiger charge is 2.22. The molecule has 1 aromatic heterocycles. The van der Waals surface area contributed by atoms with Gasteiger partial charge in [-0.15, -0.1) is 0 Å². The summed E-state index contributed by atoms with van der Waals surface area (Å²) in [6.07, 6.45) is -0.0326. The van der Waals surface area contributed by atoms with Crippen LogP contribution >= 0.6 is 0 Å². The Labute approximate surface area is 134 Å². The highest BCUT2D eigenvalue weighted by atomic mass is 16.5. The first-order chi connectivity index (χ1) is 11.1. The Kier molecular flexibility index (Phi) is 4.91. The Bertz CT molecular complexity index is 816. The molecule has 23 heavy (non-hydrogen) atoms. The monoisotopic (exact) mass is 305 g/mol. The zero-order valence-electron chi connectivity index (χ0n) is 12.6. The van der Waals surface area contributed by atoms with E-state index >= 15 is 0 Å². The summed E-state index contributed by atoms with van der Waals surface area (Å²) in [5.41, 5.74) is 8.09. The number of hydrogen-bond donors (Lipinski definition) is 2. The maximum Gasteiger partial charge on any atom is 0.217 e. The Morgan fingerprint density at radius 2 is 2.00 bits per heavy atom. The summed E-state index contributed by atoms with van der Waals surface area (Å²) in [6, 6.07) is 13.1. The number of aromatic nitrogens is 1. The maximum absolute atomic E-state index is 9.33. The van der Waals surface area contributed by atoms with Gasteiger partial charge in [-0.05, 0) is 6.92 Å². The zero-order valence-corrected chi connectivity index (χ0v) is 12.6. The lowest BCUT2D eigenvalue weighted by atomic mass is 9.99. The Morgan fingerprint density at radius 1 is 1.30 bits per heavy atom. The maximum atomic E-state index is 9.33. The summed E-state index contributed by atoms with van der Waals surface area (Å²) in [5, 5.41) is 26.4. The molecule has 3 N–H and O–H groups in total. The molecule has 0 amide bonds. The molecule has 0 saturated carbocycles. The van der Waals surface area contributed by atoms with Gasteiger partial charge in [0.15, 0.2) is 0 Å².